The minimum atomic E-state index is -3.53. The highest BCUT2D eigenvalue weighted by Crippen LogP contribution is 2.27. The molecule has 0 atom stereocenters. The van der Waals surface area contributed by atoms with Gasteiger partial charge in [-0.25, -0.2) is 13.4 Å². The third-order valence-corrected chi connectivity index (χ3v) is 7.29. The average molecular weight is 380 g/mol. The molecule has 3 rings (SSSR count). The number of piperidine rings is 1. The van der Waals surface area contributed by atoms with Gasteiger partial charge in [0, 0.05) is 24.7 Å². The molecule has 2 aromatic rings. The molecule has 1 aliphatic heterocycles. The number of hydrogen-bond acceptors (Lipinski definition) is 5. The van der Waals surface area contributed by atoms with Crippen molar-refractivity contribution in [3.05, 3.63) is 40.2 Å². The first-order valence-corrected chi connectivity index (χ1v) is 10.5. The maximum absolute atomic E-state index is 12.7. The molecule has 25 heavy (non-hydrogen) atoms. The lowest BCUT2D eigenvalue weighted by Gasteiger charge is -2.29. The predicted molar refractivity (Wildman–Crippen MR) is 98.4 cm³/mol. The molecule has 1 amide bonds. The third kappa shape index (κ3) is 4.08. The van der Waals surface area contributed by atoms with Crippen molar-refractivity contribution < 1.29 is 13.2 Å². The van der Waals surface area contributed by atoms with E-state index >= 15 is 0 Å². The van der Waals surface area contributed by atoms with E-state index in [-0.39, 0.29) is 10.8 Å². The van der Waals surface area contributed by atoms with Crippen molar-refractivity contribution in [1.29, 1.82) is 0 Å². The summed E-state index contributed by atoms with van der Waals surface area (Å²) in [7, 11) is -3.53. The Bertz CT molecular complexity index is 869. The van der Waals surface area contributed by atoms with Crippen LogP contribution in [0.3, 0.4) is 0 Å². The standard InChI is InChI=1S/C17H21N3O3S2/c1-12-4-7-20(8-5-12)25(22,23)14-10-15(24-11-14)17(21)19-16-9-13(2)3-6-18-16/h3,6,9-12H,4-5,7-8H2,1-2H3,(H,18,19,21). The Morgan fingerprint density at radius 1 is 1.32 bits per heavy atom. The van der Waals surface area contributed by atoms with Gasteiger partial charge in [-0.2, -0.15) is 4.31 Å². The van der Waals surface area contributed by atoms with Crippen LogP contribution in [0.15, 0.2) is 34.7 Å². The maximum Gasteiger partial charge on any atom is 0.266 e. The van der Waals surface area contributed by atoms with Crippen LogP contribution in [0.4, 0.5) is 5.82 Å². The van der Waals surface area contributed by atoms with Gasteiger partial charge in [0.25, 0.3) is 5.91 Å². The number of hydrogen-bond donors (Lipinski definition) is 1. The molecule has 1 N–H and O–H groups in total. The molecule has 0 spiro atoms. The molecule has 2 aromatic heterocycles. The van der Waals surface area contributed by atoms with E-state index in [9.17, 15) is 13.2 Å². The number of rotatable bonds is 4. The van der Waals surface area contributed by atoms with Crippen LogP contribution < -0.4 is 5.32 Å². The summed E-state index contributed by atoms with van der Waals surface area (Å²) in [5.41, 5.74) is 0.985. The Morgan fingerprint density at radius 2 is 2.04 bits per heavy atom. The molecule has 1 saturated heterocycles. The molecule has 0 aliphatic carbocycles. The normalized spacial score (nSPS) is 16.7. The first-order valence-electron chi connectivity index (χ1n) is 8.19. The molecule has 0 aromatic carbocycles. The summed E-state index contributed by atoms with van der Waals surface area (Å²) in [5, 5.41) is 4.23. The molecule has 134 valence electrons. The SMILES string of the molecule is Cc1ccnc(NC(=O)c2cc(S(=O)(=O)N3CCC(C)CC3)cs2)c1. The van der Waals surface area contributed by atoms with Crippen LogP contribution in [0.2, 0.25) is 0 Å². The Labute approximate surface area is 151 Å². The second kappa shape index (κ2) is 7.23. The van der Waals surface area contributed by atoms with E-state index in [1.807, 2.05) is 13.0 Å². The van der Waals surface area contributed by atoms with E-state index in [0.29, 0.717) is 29.7 Å². The highest BCUT2D eigenvalue weighted by atomic mass is 32.2. The summed E-state index contributed by atoms with van der Waals surface area (Å²) in [6.45, 7) is 5.12. The lowest BCUT2D eigenvalue weighted by Crippen LogP contribution is -2.37. The summed E-state index contributed by atoms with van der Waals surface area (Å²) in [4.78, 5) is 17.0. The Balaban J connectivity index is 1.74. The third-order valence-electron chi connectivity index (χ3n) is 4.34. The number of amides is 1. The van der Waals surface area contributed by atoms with Gasteiger partial charge in [0.15, 0.2) is 0 Å². The van der Waals surface area contributed by atoms with E-state index in [2.05, 4.69) is 17.2 Å². The van der Waals surface area contributed by atoms with Gasteiger partial charge in [-0.1, -0.05) is 6.92 Å². The number of carbonyl (C=O) groups excluding carboxylic acids is 1. The van der Waals surface area contributed by atoms with Crippen molar-refractivity contribution in [2.45, 2.75) is 31.6 Å². The van der Waals surface area contributed by atoms with Crippen LogP contribution in [0, 0.1) is 12.8 Å². The first kappa shape index (κ1) is 18.0. The molecular weight excluding hydrogens is 358 g/mol. The van der Waals surface area contributed by atoms with Gasteiger partial charge in [0.05, 0.1) is 9.77 Å². The van der Waals surface area contributed by atoms with Gasteiger partial charge in [0.2, 0.25) is 10.0 Å². The maximum atomic E-state index is 12.7. The zero-order valence-corrected chi connectivity index (χ0v) is 15.9. The van der Waals surface area contributed by atoms with Gasteiger partial charge in [0.1, 0.15) is 5.82 Å². The lowest BCUT2D eigenvalue weighted by atomic mass is 10.0. The Hall–Kier alpha value is -1.77. The number of pyridine rings is 1. The average Bonchev–Trinajstić information content (AvgIpc) is 3.06. The number of carbonyl (C=O) groups is 1. The molecule has 3 heterocycles. The van der Waals surface area contributed by atoms with E-state index in [0.717, 1.165) is 29.7 Å². The molecule has 0 bridgehead atoms. The van der Waals surface area contributed by atoms with E-state index in [4.69, 9.17) is 0 Å². The number of anilines is 1. The van der Waals surface area contributed by atoms with E-state index in [1.165, 1.54) is 15.8 Å². The number of thiophene rings is 1. The smallest absolute Gasteiger partial charge is 0.266 e. The summed E-state index contributed by atoms with van der Waals surface area (Å²) in [6, 6.07) is 5.05. The van der Waals surface area contributed by atoms with Crippen LogP contribution in [0.5, 0.6) is 0 Å². The topological polar surface area (TPSA) is 79.4 Å². The lowest BCUT2D eigenvalue weighted by molar-refractivity contribution is 0.103. The van der Waals surface area contributed by atoms with Crippen molar-refractivity contribution >= 4 is 33.1 Å². The minimum absolute atomic E-state index is 0.189. The predicted octanol–water partition coefficient (Wildman–Crippen LogP) is 3.12. The van der Waals surface area contributed by atoms with E-state index < -0.39 is 10.0 Å². The van der Waals surface area contributed by atoms with Crippen LogP contribution in [0.1, 0.15) is 35.0 Å². The van der Waals surface area contributed by atoms with Crippen molar-refractivity contribution in [1.82, 2.24) is 9.29 Å². The fraction of sp³-hybridized carbons (Fsp3) is 0.412. The van der Waals surface area contributed by atoms with Crippen LogP contribution >= 0.6 is 11.3 Å². The van der Waals surface area contributed by atoms with Crippen molar-refractivity contribution in [3.63, 3.8) is 0 Å². The van der Waals surface area contributed by atoms with Gasteiger partial charge < -0.3 is 5.32 Å². The first-order chi connectivity index (χ1) is 11.9. The highest BCUT2D eigenvalue weighted by molar-refractivity contribution is 7.89. The number of nitrogens with one attached hydrogen (secondary N) is 1. The fourth-order valence-electron chi connectivity index (χ4n) is 2.73. The van der Waals surface area contributed by atoms with Crippen LogP contribution in [-0.4, -0.2) is 36.7 Å². The molecule has 0 radical (unpaired) electrons. The summed E-state index contributed by atoms with van der Waals surface area (Å²) >= 11 is 1.13. The quantitative estimate of drug-likeness (QED) is 0.885. The van der Waals surface area contributed by atoms with Gasteiger partial charge in [-0.3, -0.25) is 4.79 Å². The number of aromatic nitrogens is 1. The van der Waals surface area contributed by atoms with Gasteiger partial charge >= 0.3 is 0 Å². The largest absolute Gasteiger partial charge is 0.306 e. The number of aryl methyl sites for hydroxylation is 1. The zero-order valence-electron chi connectivity index (χ0n) is 14.2. The second-order valence-corrected chi connectivity index (χ2v) is 9.25. The molecule has 0 saturated carbocycles. The van der Waals surface area contributed by atoms with E-state index in [1.54, 1.807) is 12.3 Å². The minimum Gasteiger partial charge on any atom is -0.306 e. The fourth-order valence-corrected chi connectivity index (χ4v) is 5.36. The molecule has 0 unspecified atom stereocenters. The molecule has 8 heteroatoms. The molecular formula is C17H21N3O3S2. The Morgan fingerprint density at radius 3 is 2.72 bits per heavy atom. The molecule has 1 aliphatic rings. The number of sulfonamides is 1. The molecule has 6 nitrogen and oxygen atoms in total. The number of nitrogens with zero attached hydrogens (tertiary/aromatic N) is 2. The van der Waals surface area contributed by atoms with Crippen molar-refractivity contribution in [3.8, 4) is 0 Å². The van der Waals surface area contributed by atoms with Crippen molar-refractivity contribution in [2.24, 2.45) is 5.92 Å². The van der Waals surface area contributed by atoms with Gasteiger partial charge in [-0.15, -0.1) is 11.3 Å². The highest BCUT2D eigenvalue weighted by Gasteiger charge is 2.29. The summed E-state index contributed by atoms with van der Waals surface area (Å²) < 4.78 is 27.0. The summed E-state index contributed by atoms with van der Waals surface area (Å²) in [6.07, 6.45) is 3.36. The van der Waals surface area contributed by atoms with Gasteiger partial charge in [-0.05, 0) is 49.4 Å². The van der Waals surface area contributed by atoms with Crippen LogP contribution in [0.25, 0.3) is 0 Å². The molecule has 1 fully saturated rings. The zero-order chi connectivity index (χ0) is 18.0. The summed E-state index contributed by atoms with van der Waals surface area (Å²) in [5.74, 6) is 0.654. The Kier molecular flexibility index (Phi) is 5.21. The monoisotopic (exact) mass is 379 g/mol. The second-order valence-electron chi connectivity index (χ2n) is 6.41. The van der Waals surface area contributed by atoms with Crippen molar-refractivity contribution in [2.75, 3.05) is 18.4 Å². The van der Waals surface area contributed by atoms with Crippen LogP contribution in [-0.2, 0) is 10.0 Å².